The summed E-state index contributed by atoms with van der Waals surface area (Å²) >= 11 is 0. The number of rotatable bonds is 4. The van der Waals surface area contributed by atoms with E-state index in [-0.39, 0.29) is 24.7 Å². The van der Waals surface area contributed by atoms with Crippen molar-refractivity contribution in [2.24, 2.45) is 11.3 Å². The van der Waals surface area contributed by atoms with Gasteiger partial charge in [0.05, 0.1) is 24.7 Å². The molecule has 0 spiro atoms. The second kappa shape index (κ2) is 5.36. The van der Waals surface area contributed by atoms with Crippen molar-refractivity contribution in [3.63, 3.8) is 0 Å². The number of benzene rings is 1. The lowest BCUT2D eigenvalue weighted by atomic mass is 10.0. The number of aliphatic hydroxyl groups is 1. The Morgan fingerprint density at radius 1 is 1.23 bits per heavy atom. The van der Waals surface area contributed by atoms with Gasteiger partial charge in [0.15, 0.2) is 0 Å². The van der Waals surface area contributed by atoms with Crippen LogP contribution in [0.15, 0.2) is 30.3 Å². The van der Waals surface area contributed by atoms with Crippen molar-refractivity contribution in [2.45, 2.75) is 37.9 Å². The quantitative estimate of drug-likeness (QED) is 0.927. The van der Waals surface area contributed by atoms with Crippen LogP contribution in [0.4, 0.5) is 0 Å². The van der Waals surface area contributed by atoms with Gasteiger partial charge in [0.25, 0.3) is 0 Å². The lowest BCUT2D eigenvalue weighted by molar-refractivity contribution is -0.154. The van der Waals surface area contributed by atoms with Crippen LogP contribution in [0.1, 0.15) is 37.4 Å². The van der Waals surface area contributed by atoms with Crippen LogP contribution >= 0.6 is 0 Å². The molecule has 2 aliphatic carbocycles. The van der Waals surface area contributed by atoms with Gasteiger partial charge in [-0.25, -0.2) is 0 Å². The van der Waals surface area contributed by atoms with Gasteiger partial charge in [-0.1, -0.05) is 30.3 Å². The molecule has 1 heterocycles. The summed E-state index contributed by atoms with van der Waals surface area (Å²) in [6.45, 7) is 1.27. The van der Waals surface area contributed by atoms with E-state index in [1.165, 1.54) is 12.8 Å². The predicted octanol–water partition coefficient (Wildman–Crippen LogP) is 2.14. The molecular formula is C18H23NO3. The minimum absolute atomic E-state index is 0.0205. The number of hydrogen-bond donors (Lipinski definition) is 1. The first-order valence-corrected chi connectivity index (χ1v) is 8.32. The first-order chi connectivity index (χ1) is 10.7. The van der Waals surface area contributed by atoms with Gasteiger partial charge in [0, 0.05) is 6.54 Å². The van der Waals surface area contributed by atoms with E-state index in [1.54, 1.807) is 0 Å². The summed E-state index contributed by atoms with van der Waals surface area (Å²) in [5.74, 6) is 0.732. The zero-order valence-electron chi connectivity index (χ0n) is 12.8. The van der Waals surface area contributed by atoms with E-state index in [0.29, 0.717) is 19.0 Å². The van der Waals surface area contributed by atoms with Crippen molar-refractivity contribution in [1.82, 2.24) is 4.90 Å². The lowest BCUT2D eigenvalue weighted by Gasteiger charge is -2.40. The Hall–Kier alpha value is -1.39. The third kappa shape index (κ3) is 2.55. The Bertz CT molecular complexity index is 551. The zero-order valence-corrected chi connectivity index (χ0v) is 12.8. The molecule has 4 nitrogen and oxygen atoms in total. The van der Waals surface area contributed by atoms with Crippen LogP contribution in [0.3, 0.4) is 0 Å². The summed E-state index contributed by atoms with van der Waals surface area (Å²) in [5, 5.41) is 9.55. The molecule has 1 aliphatic heterocycles. The second-order valence-electron chi connectivity index (χ2n) is 7.06. The monoisotopic (exact) mass is 301 g/mol. The molecule has 0 aromatic heterocycles. The maximum absolute atomic E-state index is 12.8. The Balaban J connectivity index is 1.55. The average molecular weight is 301 g/mol. The van der Waals surface area contributed by atoms with Crippen LogP contribution < -0.4 is 0 Å². The molecule has 2 atom stereocenters. The Labute approximate surface area is 131 Å². The van der Waals surface area contributed by atoms with Gasteiger partial charge in [-0.2, -0.15) is 0 Å². The van der Waals surface area contributed by atoms with Crippen molar-refractivity contribution in [2.75, 3.05) is 19.7 Å². The van der Waals surface area contributed by atoms with E-state index >= 15 is 0 Å². The van der Waals surface area contributed by atoms with Gasteiger partial charge < -0.3 is 14.7 Å². The summed E-state index contributed by atoms with van der Waals surface area (Å²) < 4.78 is 6.29. The highest BCUT2D eigenvalue weighted by Crippen LogP contribution is 2.48. The van der Waals surface area contributed by atoms with Gasteiger partial charge in [-0.3, -0.25) is 4.79 Å². The molecular weight excluding hydrogens is 278 g/mol. The van der Waals surface area contributed by atoms with E-state index in [9.17, 15) is 9.90 Å². The first kappa shape index (κ1) is 14.2. The minimum Gasteiger partial charge on any atom is -0.395 e. The molecule has 4 heteroatoms. The maximum Gasteiger partial charge on any atom is 0.231 e. The minimum atomic E-state index is -0.479. The van der Waals surface area contributed by atoms with Crippen LogP contribution in [-0.4, -0.2) is 41.7 Å². The van der Waals surface area contributed by atoms with E-state index < -0.39 is 5.41 Å². The standard InChI is InChI=1S/C18H23NO3/c20-12-18(8-9-18)17(21)19-10-15(13-4-2-1-3-5-13)22-16(11-19)14-6-7-14/h1-5,14-16,20H,6-12H2/t15-,16+/m0/s1. The Kier molecular flexibility index (Phi) is 3.46. The number of ether oxygens (including phenoxy) is 1. The molecule has 2 saturated carbocycles. The number of carbonyl (C=O) groups excluding carboxylic acids is 1. The van der Waals surface area contributed by atoms with Crippen LogP contribution in [-0.2, 0) is 9.53 Å². The van der Waals surface area contributed by atoms with Crippen LogP contribution in [0.2, 0.25) is 0 Å². The molecule has 4 rings (SSSR count). The summed E-state index contributed by atoms with van der Waals surface area (Å²) in [6, 6.07) is 10.2. The van der Waals surface area contributed by atoms with Gasteiger partial charge in [0.1, 0.15) is 6.10 Å². The fourth-order valence-electron chi connectivity index (χ4n) is 3.46. The highest BCUT2D eigenvalue weighted by atomic mass is 16.5. The molecule has 1 aromatic rings. The number of nitrogens with zero attached hydrogens (tertiary/aromatic N) is 1. The molecule has 22 heavy (non-hydrogen) atoms. The Morgan fingerprint density at radius 2 is 1.95 bits per heavy atom. The fourth-order valence-corrected chi connectivity index (χ4v) is 3.46. The van der Waals surface area contributed by atoms with Crippen LogP contribution in [0.5, 0.6) is 0 Å². The average Bonchev–Trinajstić information content (AvgIpc) is 3.48. The molecule has 0 radical (unpaired) electrons. The molecule has 1 aromatic carbocycles. The number of amides is 1. The third-order valence-corrected chi connectivity index (χ3v) is 5.34. The van der Waals surface area contributed by atoms with Crippen molar-refractivity contribution in [3.8, 4) is 0 Å². The van der Waals surface area contributed by atoms with Gasteiger partial charge >= 0.3 is 0 Å². The van der Waals surface area contributed by atoms with Crippen LogP contribution in [0.25, 0.3) is 0 Å². The van der Waals surface area contributed by atoms with Gasteiger partial charge in [0.2, 0.25) is 5.91 Å². The summed E-state index contributed by atoms with van der Waals surface area (Å²) in [7, 11) is 0. The number of carbonyl (C=O) groups is 1. The largest absolute Gasteiger partial charge is 0.395 e. The van der Waals surface area contributed by atoms with Gasteiger partial charge in [-0.05, 0) is 37.2 Å². The molecule has 3 fully saturated rings. The van der Waals surface area contributed by atoms with Gasteiger partial charge in [-0.15, -0.1) is 0 Å². The maximum atomic E-state index is 12.8. The number of morpholine rings is 1. The first-order valence-electron chi connectivity index (χ1n) is 8.32. The molecule has 0 unspecified atom stereocenters. The van der Waals surface area contributed by atoms with E-state index in [0.717, 1.165) is 18.4 Å². The van der Waals surface area contributed by atoms with Crippen LogP contribution in [0, 0.1) is 11.3 Å². The zero-order chi connectivity index (χ0) is 15.2. The summed E-state index contributed by atoms with van der Waals surface area (Å²) in [5.41, 5.74) is 0.659. The molecule has 1 amide bonds. The highest BCUT2D eigenvalue weighted by Gasteiger charge is 2.53. The molecule has 1 N–H and O–H groups in total. The Morgan fingerprint density at radius 3 is 2.55 bits per heavy atom. The SMILES string of the molecule is O=C(N1C[C@@H](c2ccccc2)O[C@@H](C2CC2)C1)C1(CO)CC1. The number of hydrogen-bond acceptors (Lipinski definition) is 3. The molecule has 0 bridgehead atoms. The molecule has 118 valence electrons. The normalized spacial score (nSPS) is 30.1. The summed E-state index contributed by atoms with van der Waals surface area (Å²) in [4.78, 5) is 14.7. The van der Waals surface area contributed by atoms with Crippen molar-refractivity contribution < 1.29 is 14.6 Å². The molecule has 3 aliphatic rings. The molecule has 1 saturated heterocycles. The second-order valence-corrected chi connectivity index (χ2v) is 7.06. The van der Waals surface area contributed by atoms with E-state index in [2.05, 4.69) is 12.1 Å². The fraction of sp³-hybridized carbons (Fsp3) is 0.611. The smallest absolute Gasteiger partial charge is 0.231 e. The highest BCUT2D eigenvalue weighted by molar-refractivity contribution is 5.85. The topological polar surface area (TPSA) is 49.8 Å². The number of aliphatic hydroxyl groups excluding tert-OH is 1. The van der Waals surface area contributed by atoms with Crippen molar-refractivity contribution in [1.29, 1.82) is 0 Å². The summed E-state index contributed by atoms with van der Waals surface area (Å²) in [6.07, 6.45) is 4.17. The van der Waals surface area contributed by atoms with E-state index in [1.807, 2.05) is 23.1 Å². The predicted molar refractivity (Wildman–Crippen MR) is 82.1 cm³/mol. The van der Waals surface area contributed by atoms with Crippen molar-refractivity contribution >= 4 is 5.91 Å². The lowest BCUT2D eigenvalue weighted by Crippen LogP contribution is -2.50. The van der Waals surface area contributed by atoms with Crippen molar-refractivity contribution in [3.05, 3.63) is 35.9 Å². The third-order valence-electron chi connectivity index (χ3n) is 5.34. The van der Waals surface area contributed by atoms with E-state index in [4.69, 9.17) is 4.74 Å².